The van der Waals surface area contributed by atoms with Crippen LogP contribution in [0.15, 0.2) is 24.3 Å². The predicted molar refractivity (Wildman–Crippen MR) is 98.2 cm³/mol. The summed E-state index contributed by atoms with van der Waals surface area (Å²) in [5.41, 5.74) is 1.32. The van der Waals surface area contributed by atoms with Gasteiger partial charge < -0.3 is 9.45 Å². The molecule has 5 heterocycles. The Bertz CT molecular complexity index is 871. The van der Waals surface area contributed by atoms with Crippen LogP contribution in [0.5, 0.6) is 0 Å². The average Bonchev–Trinajstić information content (AvgIpc) is 2.98. The molecular weight excluding hydrogens is 450 g/mol. The van der Waals surface area contributed by atoms with Crippen LogP contribution in [-0.2, 0) is 25.2 Å². The third-order valence-corrected chi connectivity index (χ3v) is 10.3. The van der Waals surface area contributed by atoms with E-state index in [-0.39, 0.29) is 11.8 Å². The molecule has 2 amide bonds. The number of rotatable bonds is 1. The van der Waals surface area contributed by atoms with Crippen molar-refractivity contribution in [2.24, 2.45) is 0 Å². The van der Waals surface area contributed by atoms with Gasteiger partial charge in [0.1, 0.15) is 6.17 Å². The lowest BCUT2D eigenvalue weighted by atomic mass is 9.95. The van der Waals surface area contributed by atoms with E-state index in [0.29, 0.717) is 12.1 Å². The Morgan fingerprint density at radius 2 is 2.08 bits per heavy atom. The second-order valence-corrected chi connectivity index (χ2v) is 11.2. The molecule has 7 nitrogen and oxygen atoms in total. The molecule has 11 heteroatoms. The van der Waals surface area contributed by atoms with Crippen LogP contribution in [0.1, 0.15) is 12.0 Å². The number of halogens is 1. The summed E-state index contributed by atoms with van der Waals surface area (Å²) in [6.45, 7) is 0. The lowest BCUT2D eigenvalue weighted by molar-refractivity contribution is -0.158. The number of carbonyl (C=O) groups is 2. The minimum atomic E-state index is -2.58. The number of amides is 2. The Morgan fingerprint density at radius 3 is 2.80 bits per heavy atom. The molecule has 6 rings (SSSR count). The molecule has 4 saturated heterocycles. The number of anilines is 1. The van der Waals surface area contributed by atoms with Crippen molar-refractivity contribution in [3.8, 4) is 0 Å². The number of carbonyl (C=O) groups excluding carboxylic acids is 2. The standard InChI is InChI=1S/C14H12BrN3O4S3/c1-16-10-9(19)17-11-13(15,6-14(17,12(16)20)24-23-10)7-4-2-3-5-8(7)18(11)25(21)22/h2-5,10-11H,6H2,1H3,(H,21,22)/p-1/t10-,11-,13-,14-/m0/s1. The van der Waals surface area contributed by atoms with Crippen molar-refractivity contribution in [2.75, 3.05) is 11.4 Å². The van der Waals surface area contributed by atoms with Crippen LogP contribution in [0.25, 0.3) is 0 Å². The number of nitrogens with zero attached hydrogens (tertiary/aromatic N) is 3. The zero-order valence-electron chi connectivity index (χ0n) is 12.7. The molecule has 0 aromatic heterocycles. The van der Waals surface area contributed by atoms with Gasteiger partial charge in [0, 0.05) is 24.7 Å². The molecule has 1 aromatic rings. The summed E-state index contributed by atoms with van der Waals surface area (Å²) in [5.74, 6) is -0.372. The van der Waals surface area contributed by atoms with Crippen molar-refractivity contribution in [1.29, 1.82) is 0 Å². The predicted octanol–water partition coefficient (Wildman–Crippen LogP) is 1.34. The van der Waals surface area contributed by atoms with Crippen molar-refractivity contribution in [1.82, 2.24) is 9.80 Å². The number of piperazine rings is 1. The molecule has 0 N–H and O–H groups in total. The van der Waals surface area contributed by atoms with Crippen LogP contribution in [0.2, 0.25) is 0 Å². The van der Waals surface area contributed by atoms with E-state index in [0.717, 1.165) is 5.56 Å². The summed E-state index contributed by atoms with van der Waals surface area (Å²) in [4.78, 5) is 27.9. The van der Waals surface area contributed by atoms with Gasteiger partial charge in [0.05, 0.1) is 10.0 Å². The van der Waals surface area contributed by atoms with E-state index in [1.165, 1.54) is 35.7 Å². The van der Waals surface area contributed by atoms with Gasteiger partial charge in [-0.1, -0.05) is 55.7 Å². The van der Waals surface area contributed by atoms with E-state index in [2.05, 4.69) is 15.9 Å². The highest BCUT2D eigenvalue weighted by atomic mass is 79.9. The first-order chi connectivity index (χ1) is 11.8. The maximum atomic E-state index is 13.1. The SMILES string of the molecule is CN1C(=O)[C@@]23C[C@]4(Br)c5ccccc5N(S(=O)[O-])[C@@H]4N2C(=O)[C@@H]1SS3. The van der Waals surface area contributed by atoms with Crippen LogP contribution in [0.3, 0.4) is 0 Å². The largest absolute Gasteiger partial charge is 0.755 e. The molecule has 4 fully saturated rings. The van der Waals surface area contributed by atoms with E-state index in [1.807, 2.05) is 12.1 Å². The minimum Gasteiger partial charge on any atom is -0.755 e. The highest BCUT2D eigenvalue weighted by molar-refractivity contribution is 9.09. The smallest absolute Gasteiger partial charge is 0.261 e. The summed E-state index contributed by atoms with van der Waals surface area (Å²) >= 11 is 1.16. The van der Waals surface area contributed by atoms with Crippen molar-refractivity contribution >= 4 is 66.3 Å². The molecule has 1 unspecified atom stereocenters. The maximum absolute atomic E-state index is 13.1. The van der Waals surface area contributed by atoms with E-state index in [9.17, 15) is 18.4 Å². The first kappa shape index (κ1) is 16.4. The first-order valence-corrected chi connectivity index (χ1v) is 11.5. The Hall–Kier alpha value is -0.750. The topological polar surface area (TPSA) is 84.0 Å². The molecule has 0 saturated carbocycles. The van der Waals surface area contributed by atoms with Gasteiger partial charge in [-0.2, -0.15) is 0 Å². The summed E-state index contributed by atoms with van der Waals surface area (Å²) in [6, 6.07) is 7.17. The number of hydrogen-bond acceptors (Lipinski definition) is 6. The quantitative estimate of drug-likeness (QED) is 0.357. The molecule has 0 aliphatic carbocycles. The molecule has 5 atom stereocenters. The van der Waals surface area contributed by atoms with Crippen LogP contribution in [0, 0.1) is 0 Å². The van der Waals surface area contributed by atoms with Gasteiger partial charge in [-0.25, -0.2) is 0 Å². The Labute approximate surface area is 162 Å². The van der Waals surface area contributed by atoms with Crippen molar-refractivity contribution in [2.45, 2.75) is 27.2 Å². The van der Waals surface area contributed by atoms with Gasteiger partial charge in [0.15, 0.2) is 10.2 Å². The fourth-order valence-corrected chi connectivity index (χ4v) is 9.93. The first-order valence-electron chi connectivity index (χ1n) is 7.45. The summed E-state index contributed by atoms with van der Waals surface area (Å²) in [5, 5.41) is -0.625. The third kappa shape index (κ3) is 1.71. The second-order valence-electron chi connectivity index (χ2n) is 6.41. The maximum Gasteiger partial charge on any atom is 0.261 e. The number of benzene rings is 1. The number of hydrogen-bond donors (Lipinski definition) is 0. The number of alkyl halides is 1. The monoisotopic (exact) mass is 460 g/mol. The normalized spacial score (nSPS) is 39.6. The van der Waals surface area contributed by atoms with Gasteiger partial charge in [-0.3, -0.25) is 23.0 Å². The van der Waals surface area contributed by atoms with Gasteiger partial charge in [-0.15, -0.1) is 0 Å². The van der Waals surface area contributed by atoms with Crippen LogP contribution >= 0.6 is 37.5 Å². The van der Waals surface area contributed by atoms with Gasteiger partial charge >= 0.3 is 0 Å². The minimum absolute atomic E-state index is 0.150. The molecule has 2 bridgehead atoms. The second kappa shape index (κ2) is 4.94. The summed E-state index contributed by atoms with van der Waals surface area (Å²) in [6.07, 6.45) is -0.474. The molecule has 5 aliphatic rings. The number of para-hydroxylation sites is 1. The van der Waals surface area contributed by atoms with Gasteiger partial charge in [0.25, 0.3) is 11.8 Å². The van der Waals surface area contributed by atoms with Gasteiger partial charge in [-0.05, 0) is 11.6 Å². The Kier molecular flexibility index (Phi) is 3.25. The lowest BCUT2D eigenvalue weighted by Crippen LogP contribution is -2.71. The van der Waals surface area contributed by atoms with E-state index < -0.39 is 32.0 Å². The highest BCUT2D eigenvalue weighted by Gasteiger charge is 2.75. The zero-order valence-corrected chi connectivity index (χ0v) is 16.8. The highest BCUT2D eigenvalue weighted by Crippen LogP contribution is 2.68. The molecule has 1 spiro atoms. The van der Waals surface area contributed by atoms with Crippen LogP contribution < -0.4 is 4.31 Å². The van der Waals surface area contributed by atoms with Crippen LogP contribution in [-0.4, -0.2) is 53.8 Å². The van der Waals surface area contributed by atoms with Gasteiger partial charge in [0.2, 0.25) is 0 Å². The lowest BCUT2D eigenvalue weighted by Gasteiger charge is -2.53. The fraction of sp³-hybridized carbons (Fsp3) is 0.429. The Balaban J connectivity index is 1.77. The molecule has 5 aliphatic heterocycles. The average molecular weight is 461 g/mol. The molecular formula is C14H11BrN3O4S3-. The summed E-state index contributed by atoms with van der Waals surface area (Å²) < 4.78 is 24.5. The molecule has 132 valence electrons. The number of fused-ring (bicyclic) bond motifs is 5. The Morgan fingerprint density at radius 1 is 1.36 bits per heavy atom. The van der Waals surface area contributed by atoms with Crippen molar-refractivity contribution < 1.29 is 18.4 Å². The van der Waals surface area contributed by atoms with E-state index in [1.54, 1.807) is 19.2 Å². The fourth-order valence-electron chi connectivity index (χ4n) is 4.24. The van der Waals surface area contributed by atoms with Crippen molar-refractivity contribution in [3.05, 3.63) is 29.8 Å². The third-order valence-electron chi connectivity index (χ3n) is 5.24. The zero-order chi connectivity index (χ0) is 17.7. The van der Waals surface area contributed by atoms with E-state index in [4.69, 9.17) is 0 Å². The van der Waals surface area contributed by atoms with E-state index >= 15 is 0 Å². The van der Waals surface area contributed by atoms with Crippen LogP contribution in [0.4, 0.5) is 5.69 Å². The molecule has 1 aromatic carbocycles. The number of likely N-dealkylation sites (N-methyl/N-ethyl adjacent to an activating group) is 1. The molecule has 25 heavy (non-hydrogen) atoms. The molecule has 0 radical (unpaired) electrons. The summed E-state index contributed by atoms with van der Waals surface area (Å²) in [7, 11) is 4.36. The van der Waals surface area contributed by atoms with Crippen molar-refractivity contribution in [3.63, 3.8) is 0 Å².